The lowest BCUT2D eigenvalue weighted by molar-refractivity contribution is 0.0845. The van der Waals surface area contributed by atoms with Gasteiger partial charge in [-0.1, -0.05) is 6.07 Å². The zero-order chi connectivity index (χ0) is 12.8. The molecule has 1 aromatic rings. The first-order valence-corrected chi connectivity index (χ1v) is 6.05. The molecule has 0 radical (unpaired) electrons. The fourth-order valence-electron chi connectivity index (χ4n) is 1.62. The zero-order valence-electron chi connectivity index (χ0n) is 11.2. The van der Waals surface area contributed by atoms with Gasteiger partial charge in [0.15, 0.2) is 0 Å². The second-order valence-corrected chi connectivity index (χ2v) is 4.55. The molecule has 0 aliphatic heterocycles. The van der Waals surface area contributed by atoms with Gasteiger partial charge in [-0.2, -0.15) is 0 Å². The molecule has 0 saturated heterocycles. The maximum atomic E-state index is 5.93. The number of hydrogen-bond donors (Lipinski definition) is 1. The van der Waals surface area contributed by atoms with Gasteiger partial charge in [0.2, 0.25) is 0 Å². The van der Waals surface area contributed by atoms with E-state index < -0.39 is 0 Å². The monoisotopic (exact) mass is 237 g/mol. The molecule has 4 heteroatoms. The van der Waals surface area contributed by atoms with E-state index in [2.05, 4.69) is 9.88 Å². The van der Waals surface area contributed by atoms with Gasteiger partial charge < -0.3 is 15.4 Å². The van der Waals surface area contributed by atoms with Gasteiger partial charge in [0.1, 0.15) is 5.82 Å². The number of nitrogens with zero attached hydrogens (tertiary/aromatic N) is 2. The molecule has 17 heavy (non-hydrogen) atoms. The highest BCUT2D eigenvalue weighted by atomic mass is 16.5. The second kappa shape index (κ2) is 6.57. The van der Waals surface area contributed by atoms with E-state index in [9.17, 15) is 0 Å². The minimum Gasteiger partial charge on any atom is -0.377 e. The highest BCUT2D eigenvalue weighted by Crippen LogP contribution is 2.20. The van der Waals surface area contributed by atoms with Crippen molar-refractivity contribution in [3.05, 3.63) is 23.9 Å². The van der Waals surface area contributed by atoms with Crippen molar-refractivity contribution >= 4 is 5.82 Å². The van der Waals surface area contributed by atoms with E-state index in [-0.39, 0.29) is 12.1 Å². The Morgan fingerprint density at radius 2 is 2.12 bits per heavy atom. The summed E-state index contributed by atoms with van der Waals surface area (Å²) in [7, 11) is 2.01. The first-order valence-electron chi connectivity index (χ1n) is 6.05. The summed E-state index contributed by atoms with van der Waals surface area (Å²) in [5, 5.41) is 0. The summed E-state index contributed by atoms with van der Waals surface area (Å²) in [4.78, 5) is 6.47. The van der Waals surface area contributed by atoms with Crippen molar-refractivity contribution < 1.29 is 4.74 Å². The Hall–Kier alpha value is -1.13. The maximum absolute atomic E-state index is 5.93. The predicted molar refractivity (Wildman–Crippen MR) is 71.2 cm³/mol. The fraction of sp³-hybridized carbons (Fsp3) is 0.615. The minimum absolute atomic E-state index is 0.00725. The van der Waals surface area contributed by atoms with Gasteiger partial charge in [0, 0.05) is 31.4 Å². The summed E-state index contributed by atoms with van der Waals surface area (Å²) >= 11 is 0. The molecule has 4 nitrogen and oxygen atoms in total. The van der Waals surface area contributed by atoms with Gasteiger partial charge in [-0.3, -0.25) is 0 Å². The van der Waals surface area contributed by atoms with Crippen LogP contribution in [0.25, 0.3) is 0 Å². The number of nitrogens with two attached hydrogens (primary N) is 1. The van der Waals surface area contributed by atoms with Crippen LogP contribution in [0, 0.1) is 0 Å². The van der Waals surface area contributed by atoms with Crippen molar-refractivity contribution in [1.82, 2.24) is 4.98 Å². The van der Waals surface area contributed by atoms with E-state index in [1.54, 1.807) is 6.20 Å². The molecule has 0 spiro atoms. The van der Waals surface area contributed by atoms with Crippen molar-refractivity contribution in [2.24, 2.45) is 5.73 Å². The van der Waals surface area contributed by atoms with E-state index in [1.165, 1.54) is 0 Å². The smallest absolute Gasteiger partial charge is 0.133 e. The van der Waals surface area contributed by atoms with E-state index in [0.29, 0.717) is 6.61 Å². The lowest BCUT2D eigenvalue weighted by Crippen LogP contribution is -2.26. The first kappa shape index (κ1) is 13.9. The normalized spacial score (nSPS) is 12.8. The number of aromatic nitrogens is 1. The highest BCUT2D eigenvalue weighted by molar-refractivity contribution is 5.47. The van der Waals surface area contributed by atoms with Crippen LogP contribution in [0.15, 0.2) is 18.3 Å². The molecule has 0 aliphatic rings. The lowest BCUT2D eigenvalue weighted by Gasteiger charge is -2.22. The average Bonchev–Trinajstić information content (AvgIpc) is 2.28. The number of hydrogen-bond acceptors (Lipinski definition) is 4. The molecule has 0 aliphatic carbocycles. The Balaban J connectivity index is 2.65. The number of anilines is 1. The van der Waals surface area contributed by atoms with Crippen LogP contribution in [-0.4, -0.2) is 31.3 Å². The summed E-state index contributed by atoms with van der Waals surface area (Å²) in [5.74, 6) is 0.940. The molecule has 0 aromatic carbocycles. The molecule has 1 heterocycles. The van der Waals surface area contributed by atoms with Gasteiger partial charge in [-0.15, -0.1) is 0 Å². The Kier molecular flexibility index (Phi) is 5.38. The van der Waals surface area contributed by atoms with Gasteiger partial charge in [-0.25, -0.2) is 4.98 Å². The van der Waals surface area contributed by atoms with E-state index in [1.807, 2.05) is 40.0 Å². The number of rotatable bonds is 6. The van der Waals surface area contributed by atoms with E-state index >= 15 is 0 Å². The van der Waals surface area contributed by atoms with Crippen molar-refractivity contribution in [3.63, 3.8) is 0 Å². The molecule has 1 rings (SSSR count). The summed E-state index contributed by atoms with van der Waals surface area (Å²) < 4.78 is 5.53. The Labute approximate surface area is 104 Å². The summed E-state index contributed by atoms with van der Waals surface area (Å²) in [5.41, 5.74) is 7.00. The van der Waals surface area contributed by atoms with Crippen LogP contribution in [0.4, 0.5) is 5.82 Å². The summed E-state index contributed by atoms with van der Waals surface area (Å²) in [6.07, 6.45) is 2.06. The molecular weight excluding hydrogens is 214 g/mol. The van der Waals surface area contributed by atoms with Crippen molar-refractivity contribution in [2.45, 2.75) is 32.9 Å². The van der Waals surface area contributed by atoms with Crippen molar-refractivity contribution in [2.75, 3.05) is 25.1 Å². The SMILES string of the molecule is CC(C)OCCN(C)c1ncccc1C(C)N. The Bertz CT molecular complexity index is 339. The third-order valence-electron chi connectivity index (χ3n) is 2.55. The summed E-state index contributed by atoms with van der Waals surface area (Å²) in [6.45, 7) is 7.55. The van der Waals surface area contributed by atoms with Crippen LogP contribution in [0.1, 0.15) is 32.4 Å². The van der Waals surface area contributed by atoms with Crippen LogP contribution in [-0.2, 0) is 4.74 Å². The van der Waals surface area contributed by atoms with Crippen LogP contribution >= 0.6 is 0 Å². The maximum Gasteiger partial charge on any atom is 0.133 e. The molecule has 0 saturated carbocycles. The van der Waals surface area contributed by atoms with Crippen LogP contribution in [0.5, 0.6) is 0 Å². The largest absolute Gasteiger partial charge is 0.377 e. The van der Waals surface area contributed by atoms with E-state index in [4.69, 9.17) is 10.5 Å². The zero-order valence-corrected chi connectivity index (χ0v) is 11.2. The van der Waals surface area contributed by atoms with Gasteiger partial charge in [0.25, 0.3) is 0 Å². The molecule has 0 amide bonds. The highest BCUT2D eigenvalue weighted by Gasteiger charge is 2.11. The number of likely N-dealkylation sites (N-methyl/N-ethyl adjacent to an activating group) is 1. The number of ether oxygens (including phenoxy) is 1. The van der Waals surface area contributed by atoms with Gasteiger partial charge >= 0.3 is 0 Å². The van der Waals surface area contributed by atoms with E-state index in [0.717, 1.165) is 17.9 Å². The van der Waals surface area contributed by atoms with Crippen molar-refractivity contribution in [1.29, 1.82) is 0 Å². The van der Waals surface area contributed by atoms with Crippen LogP contribution < -0.4 is 10.6 Å². The van der Waals surface area contributed by atoms with Crippen LogP contribution in [0.3, 0.4) is 0 Å². The topological polar surface area (TPSA) is 51.4 Å². The molecule has 96 valence electrons. The molecule has 0 fully saturated rings. The molecule has 2 N–H and O–H groups in total. The molecule has 0 bridgehead atoms. The fourth-order valence-corrected chi connectivity index (χ4v) is 1.62. The summed E-state index contributed by atoms with van der Waals surface area (Å²) in [6, 6.07) is 3.93. The molecular formula is C13H23N3O. The number of pyridine rings is 1. The lowest BCUT2D eigenvalue weighted by atomic mass is 10.1. The Morgan fingerprint density at radius 1 is 1.41 bits per heavy atom. The molecule has 1 unspecified atom stereocenters. The van der Waals surface area contributed by atoms with Gasteiger partial charge in [-0.05, 0) is 26.8 Å². The minimum atomic E-state index is -0.00725. The Morgan fingerprint density at radius 3 is 2.71 bits per heavy atom. The standard InChI is InChI=1S/C13H23N3O/c1-10(2)17-9-8-16(4)13-12(11(3)14)6-5-7-15-13/h5-7,10-11H,8-9,14H2,1-4H3. The van der Waals surface area contributed by atoms with Crippen molar-refractivity contribution in [3.8, 4) is 0 Å². The second-order valence-electron chi connectivity index (χ2n) is 4.55. The predicted octanol–water partition coefficient (Wildman–Crippen LogP) is 1.96. The van der Waals surface area contributed by atoms with Gasteiger partial charge in [0.05, 0.1) is 12.7 Å². The molecule has 1 atom stereocenters. The first-order chi connectivity index (χ1) is 8.02. The third-order valence-corrected chi connectivity index (χ3v) is 2.55. The average molecular weight is 237 g/mol. The molecule has 1 aromatic heterocycles. The van der Waals surface area contributed by atoms with Crippen LogP contribution in [0.2, 0.25) is 0 Å². The quantitative estimate of drug-likeness (QED) is 0.821. The third kappa shape index (κ3) is 4.32.